The number of ether oxygens (including phenoxy) is 1. The monoisotopic (exact) mass is 364 g/mol. The predicted octanol–water partition coefficient (Wildman–Crippen LogP) is 2.48. The third kappa shape index (κ3) is 4.84. The Morgan fingerprint density at radius 3 is 2.52 bits per heavy atom. The Labute approximate surface area is 148 Å². The lowest BCUT2D eigenvalue weighted by Crippen LogP contribution is -2.38. The number of furan rings is 1. The quantitative estimate of drug-likeness (QED) is 0.817. The molecule has 3 rings (SSSR count). The van der Waals surface area contributed by atoms with Gasteiger partial charge in [-0.05, 0) is 68.2 Å². The van der Waals surface area contributed by atoms with Crippen LogP contribution in [0.5, 0.6) is 5.75 Å². The summed E-state index contributed by atoms with van der Waals surface area (Å²) in [6, 6.07) is 10.3. The van der Waals surface area contributed by atoms with Crippen LogP contribution >= 0.6 is 0 Å². The van der Waals surface area contributed by atoms with Crippen molar-refractivity contribution in [3.05, 3.63) is 48.4 Å². The molecule has 1 fully saturated rings. The third-order valence-electron chi connectivity index (χ3n) is 4.60. The number of piperidine rings is 1. The smallest absolute Gasteiger partial charge is 0.240 e. The molecule has 1 aromatic carbocycles. The first-order chi connectivity index (χ1) is 12.1. The zero-order valence-electron chi connectivity index (χ0n) is 14.3. The SMILES string of the molecule is COc1ccc(S(=O)(=O)NCC2CCN(Cc3ccco3)CC2)cc1. The van der Waals surface area contributed by atoms with Gasteiger partial charge in [-0.25, -0.2) is 13.1 Å². The Morgan fingerprint density at radius 1 is 1.20 bits per heavy atom. The molecule has 2 aromatic rings. The van der Waals surface area contributed by atoms with E-state index >= 15 is 0 Å². The van der Waals surface area contributed by atoms with E-state index in [1.165, 1.54) is 0 Å². The maximum absolute atomic E-state index is 12.4. The molecule has 1 saturated heterocycles. The van der Waals surface area contributed by atoms with Gasteiger partial charge in [0.15, 0.2) is 0 Å². The first kappa shape index (κ1) is 18.0. The second kappa shape index (κ2) is 8.03. The molecule has 0 aliphatic carbocycles. The van der Waals surface area contributed by atoms with Gasteiger partial charge >= 0.3 is 0 Å². The minimum Gasteiger partial charge on any atom is -0.497 e. The second-order valence-corrected chi connectivity index (χ2v) is 8.09. The Morgan fingerprint density at radius 2 is 1.92 bits per heavy atom. The van der Waals surface area contributed by atoms with Gasteiger partial charge in [0.25, 0.3) is 0 Å². The molecule has 0 atom stereocenters. The summed E-state index contributed by atoms with van der Waals surface area (Å²) in [5.41, 5.74) is 0. The highest BCUT2D eigenvalue weighted by Crippen LogP contribution is 2.20. The Balaban J connectivity index is 1.47. The van der Waals surface area contributed by atoms with E-state index in [1.54, 1.807) is 37.6 Å². The molecule has 0 unspecified atom stereocenters. The van der Waals surface area contributed by atoms with Crippen molar-refractivity contribution in [2.45, 2.75) is 24.3 Å². The van der Waals surface area contributed by atoms with E-state index in [1.807, 2.05) is 12.1 Å². The summed E-state index contributed by atoms with van der Waals surface area (Å²) in [5.74, 6) is 1.97. The molecule has 1 aromatic heterocycles. The van der Waals surface area contributed by atoms with Crippen molar-refractivity contribution < 1.29 is 17.6 Å². The molecule has 1 N–H and O–H groups in total. The van der Waals surface area contributed by atoms with Crippen LogP contribution in [0.2, 0.25) is 0 Å². The van der Waals surface area contributed by atoms with Gasteiger partial charge in [0.1, 0.15) is 11.5 Å². The van der Waals surface area contributed by atoms with Crippen LogP contribution in [0.1, 0.15) is 18.6 Å². The maximum Gasteiger partial charge on any atom is 0.240 e. The molecule has 2 heterocycles. The molecule has 0 saturated carbocycles. The molecule has 1 aliphatic heterocycles. The highest BCUT2D eigenvalue weighted by molar-refractivity contribution is 7.89. The summed E-state index contributed by atoms with van der Waals surface area (Å²) in [7, 11) is -1.92. The van der Waals surface area contributed by atoms with Crippen LogP contribution in [0.25, 0.3) is 0 Å². The molecule has 0 bridgehead atoms. The van der Waals surface area contributed by atoms with Crippen molar-refractivity contribution in [1.82, 2.24) is 9.62 Å². The summed E-state index contributed by atoms with van der Waals surface area (Å²) in [6.45, 7) is 3.20. The molecule has 7 heteroatoms. The molecular formula is C18H24N2O4S. The lowest BCUT2D eigenvalue weighted by atomic mass is 9.97. The van der Waals surface area contributed by atoms with Gasteiger partial charge in [-0.1, -0.05) is 0 Å². The molecule has 25 heavy (non-hydrogen) atoms. The summed E-state index contributed by atoms with van der Waals surface area (Å²) in [6.07, 6.45) is 3.65. The zero-order valence-corrected chi connectivity index (χ0v) is 15.2. The molecule has 1 aliphatic rings. The van der Waals surface area contributed by atoms with E-state index in [4.69, 9.17) is 9.15 Å². The van der Waals surface area contributed by atoms with E-state index < -0.39 is 10.0 Å². The molecular weight excluding hydrogens is 340 g/mol. The average molecular weight is 364 g/mol. The number of benzene rings is 1. The number of rotatable bonds is 7. The van der Waals surface area contributed by atoms with Crippen LogP contribution in [0, 0.1) is 5.92 Å². The normalized spacial score (nSPS) is 16.8. The van der Waals surface area contributed by atoms with Crippen LogP contribution in [0.15, 0.2) is 52.0 Å². The van der Waals surface area contributed by atoms with Crippen LogP contribution < -0.4 is 9.46 Å². The summed E-state index contributed by atoms with van der Waals surface area (Å²) in [4.78, 5) is 2.61. The standard InChI is InChI=1S/C18H24N2O4S/c1-23-16-4-6-18(7-5-16)25(21,22)19-13-15-8-10-20(11-9-15)14-17-3-2-12-24-17/h2-7,12,15,19H,8-11,13-14H2,1H3. The lowest BCUT2D eigenvalue weighted by Gasteiger charge is -2.31. The molecule has 6 nitrogen and oxygen atoms in total. The third-order valence-corrected chi connectivity index (χ3v) is 6.04. The van der Waals surface area contributed by atoms with Gasteiger partial charge in [0.2, 0.25) is 10.0 Å². The molecule has 0 spiro atoms. The first-order valence-electron chi connectivity index (χ1n) is 8.45. The molecule has 136 valence electrons. The number of nitrogens with zero attached hydrogens (tertiary/aromatic N) is 1. The van der Waals surface area contributed by atoms with Gasteiger partial charge in [-0.3, -0.25) is 4.90 Å². The second-order valence-electron chi connectivity index (χ2n) is 6.33. The molecule has 0 radical (unpaired) electrons. The minimum absolute atomic E-state index is 0.267. The van der Waals surface area contributed by atoms with E-state index in [2.05, 4.69) is 9.62 Å². The summed E-state index contributed by atoms with van der Waals surface area (Å²) < 4.78 is 37.9. The largest absolute Gasteiger partial charge is 0.497 e. The number of hydrogen-bond donors (Lipinski definition) is 1. The fraction of sp³-hybridized carbons (Fsp3) is 0.444. The van der Waals surface area contributed by atoms with Crippen LogP contribution in [0.3, 0.4) is 0 Å². The highest BCUT2D eigenvalue weighted by Gasteiger charge is 2.22. The van der Waals surface area contributed by atoms with Gasteiger partial charge in [0.05, 0.1) is 24.8 Å². The van der Waals surface area contributed by atoms with Gasteiger partial charge in [-0.2, -0.15) is 0 Å². The summed E-state index contributed by atoms with van der Waals surface area (Å²) >= 11 is 0. The Kier molecular flexibility index (Phi) is 5.78. The van der Waals surface area contributed by atoms with Gasteiger partial charge < -0.3 is 9.15 Å². The highest BCUT2D eigenvalue weighted by atomic mass is 32.2. The lowest BCUT2D eigenvalue weighted by molar-refractivity contribution is 0.168. The summed E-state index contributed by atoms with van der Waals surface area (Å²) in [5, 5.41) is 0. The number of sulfonamides is 1. The topological polar surface area (TPSA) is 71.8 Å². The van der Waals surface area contributed by atoms with Crippen molar-refractivity contribution in [2.24, 2.45) is 5.92 Å². The van der Waals surface area contributed by atoms with Crippen molar-refractivity contribution >= 4 is 10.0 Å². The zero-order chi connectivity index (χ0) is 17.7. The average Bonchev–Trinajstić information content (AvgIpc) is 3.14. The van der Waals surface area contributed by atoms with Crippen molar-refractivity contribution in [2.75, 3.05) is 26.7 Å². The van der Waals surface area contributed by atoms with Crippen LogP contribution in [-0.2, 0) is 16.6 Å². The van der Waals surface area contributed by atoms with Crippen LogP contribution in [0.4, 0.5) is 0 Å². The number of methoxy groups -OCH3 is 1. The molecule has 0 amide bonds. The Bertz CT molecular complexity index is 749. The number of hydrogen-bond acceptors (Lipinski definition) is 5. The van der Waals surface area contributed by atoms with Crippen LogP contribution in [-0.4, -0.2) is 40.1 Å². The minimum atomic E-state index is -3.47. The van der Waals surface area contributed by atoms with Crippen molar-refractivity contribution in [1.29, 1.82) is 0 Å². The van der Waals surface area contributed by atoms with E-state index in [9.17, 15) is 8.42 Å². The Hall–Kier alpha value is -1.83. The van der Waals surface area contributed by atoms with Crippen molar-refractivity contribution in [3.63, 3.8) is 0 Å². The van der Waals surface area contributed by atoms with E-state index in [-0.39, 0.29) is 4.90 Å². The first-order valence-corrected chi connectivity index (χ1v) is 9.93. The van der Waals surface area contributed by atoms with Gasteiger partial charge in [-0.15, -0.1) is 0 Å². The number of likely N-dealkylation sites (tertiary alicyclic amines) is 1. The number of nitrogens with one attached hydrogen (secondary N) is 1. The maximum atomic E-state index is 12.4. The van der Waals surface area contributed by atoms with Gasteiger partial charge in [0, 0.05) is 6.54 Å². The van der Waals surface area contributed by atoms with Crippen molar-refractivity contribution in [3.8, 4) is 5.75 Å². The fourth-order valence-electron chi connectivity index (χ4n) is 3.04. The van der Waals surface area contributed by atoms with E-state index in [0.29, 0.717) is 18.2 Å². The fourth-order valence-corrected chi connectivity index (χ4v) is 4.15. The predicted molar refractivity (Wildman–Crippen MR) is 94.9 cm³/mol. The van der Waals surface area contributed by atoms with E-state index in [0.717, 1.165) is 38.2 Å².